The van der Waals surface area contributed by atoms with E-state index in [2.05, 4.69) is 5.32 Å². The summed E-state index contributed by atoms with van der Waals surface area (Å²) in [5.41, 5.74) is 8.17. The Kier molecular flexibility index (Phi) is 3.37. The molecule has 0 aliphatic rings. The van der Waals surface area contributed by atoms with E-state index in [9.17, 15) is 4.79 Å². The van der Waals surface area contributed by atoms with Gasteiger partial charge in [-0.05, 0) is 32.4 Å². The summed E-state index contributed by atoms with van der Waals surface area (Å²) in [7, 11) is 1.92. The molecule has 2 rings (SSSR count). The van der Waals surface area contributed by atoms with Gasteiger partial charge in [-0.3, -0.25) is 4.79 Å². The van der Waals surface area contributed by atoms with Gasteiger partial charge in [0, 0.05) is 24.5 Å². The van der Waals surface area contributed by atoms with Crippen LogP contribution in [0.4, 0.5) is 0 Å². The van der Waals surface area contributed by atoms with Gasteiger partial charge in [0.25, 0.3) is 5.91 Å². The van der Waals surface area contributed by atoms with Gasteiger partial charge in [0.2, 0.25) is 0 Å². The molecule has 0 aliphatic carbocycles. The van der Waals surface area contributed by atoms with Crippen LogP contribution in [-0.4, -0.2) is 22.6 Å². The molecule has 0 fully saturated rings. The zero-order valence-electron chi connectivity index (χ0n) is 11.9. The second-order valence-corrected chi connectivity index (χ2v) is 5.64. The standard InChI is InChI=1S/C15H21N3O/c1-10-6-5-7-11-8-12(18(4)13(10)11)14(19)17-15(2,3)9-16/h5-8H,9,16H2,1-4H3,(H,17,19). The highest BCUT2D eigenvalue weighted by Gasteiger charge is 2.21. The summed E-state index contributed by atoms with van der Waals surface area (Å²) >= 11 is 0. The first-order chi connectivity index (χ1) is 8.85. The minimum atomic E-state index is -0.400. The SMILES string of the molecule is Cc1cccc2cc(C(=O)NC(C)(C)CN)n(C)c12. The lowest BCUT2D eigenvalue weighted by atomic mass is 10.1. The van der Waals surface area contributed by atoms with Crippen molar-refractivity contribution in [1.82, 2.24) is 9.88 Å². The molecule has 0 saturated heterocycles. The molecule has 0 atom stereocenters. The molecular weight excluding hydrogens is 238 g/mol. The molecule has 0 bridgehead atoms. The number of fused-ring (bicyclic) bond motifs is 1. The second-order valence-electron chi connectivity index (χ2n) is 5.64. The zero-order valence-corrected chi connectivity index (χ0v) is 11.9. The van der Waals surface area contributed by atoms with Crippen LogP contribution in [0.3, 0.4) is 0 Å². The molecule has 0 saturated carbocycles. The molecular formula is C15H21N3O. The third-order valence-corrected chi connectivity index (χ3v) is 3.45. The van der Waals surface area contributed by atoms with Gasteiger partial charge in [-0.25, -0.2) is 0 Å². The van der Waals surface area contributed by atoms with E-state index in [4.69, 9.17) is 5.73 Å². The predicted molar refractivity (Wildman–Crippen MR) is 78.3 cm³/mol. The van der Waals surface area contributed by atoms with E-state index in [0.29, 0.717) is 12.2 Å². The summed E-state index contributed by atoms with van der Waals surface area (Å²) in [6.07, 6.45) is 0. The highest BCUT2D eigenvalue weighted by atomic mass is 16.2. The van der Waals surface area contributed by atoms with Gasteiger partial charge in [-0.2, -0.15) is 0 Å². The summed E-state index contributed by atoms with van der Waals surface area (Å²) in [5, 5.41) is 4.04. The average molecular weight is 259 g/mol. The number of nitrogens with one attached hydrogen (secondary N) is 1. The molecule has 1 amide bonds. The van der Waals surface area contributed by atoms with Crippen molar-refractivity contribution in [3.05, 3.63) is 35.5 Å². The fourth-order valence-corrected chi connectivity index (χ4v) is 2.26. The van der Waals surface area contributed by atoms with Gasteiger partial charge >= 0.3 is 0 Å². The van der Waals surface area contributed by atoms with Crippen LogP contribution in [0.5, 0.6) is 0 Å². The van der Waals surface area contributed by atoms with Crippen LogP contribution >= 0.6 is 0 Å². The van der Waals surface area contributed by atoms with Gasteiger partial charge in [0.15, 0.2) is 0 Å². The number of carbonyl (C=O) groups excluding carboxylic acids is 1. The summed E-state index contributed by atoms with van der Waals surface area (Å²) in [5.74, 6) is -0.0893. The molecule has 3 N–H and O–H groups in total. The Bertz CT molecular complexity index is 626. The molecule has 4 heteroatoms. The van der Waals surface area contributed by atoms with Crippen LogP contribution in [0.25, 0.3) is 10.9 Å². The van der Waals surface area contributed by atoms with Crippen molar-refractivity contribution in [3.63, 3.8) is 0 Å². The Hall–Kier alpha value is -1.81. The monoisotopic (exact) mass is 259 g/mol. The van der Waals surface area contributed by atoms with Crippen LogP contribution in [0, 0.1) is 6.92 Å². The Morgan fingerprint density at radius 2 is 2.11 bits per heavy atom. The number of amides is 1. The van der Waals surface area contributed by atoms with Gasteiger partial charge in [-0.1, -0.05) is 18.2 Å². The van der Waals surface area contributed by atoms with E-state index < -0.39 is 5.54 Å². The number of hydrogen-bond acceptors (Lipinski definition) is 2. The summed E-state index contributed by atoms with van der Waals surface area (Å²) in [4.78, 5) is 12.3. The fourth-order valence-electron chi connectivity index (χ4n) is 2.26. The van der Waals surface area contributed by atoms with Crippen LogP contribution in [0.2, 0.25) is 0 Å². The van der Waals surface area contributed by atoms with Crippen molar-refractivity contribution >= 4 is 16.8 Å². The van der Waals surface area contributed by atoms with Crippen molar-refractivity contribution in [2.75, 3.05) is 6.54 Å². The van der Waals surface area contributed by atoms with E-state index in [0.717, 1.165) is 16.5 Å². The fraction of sp³-hybridized carbons (Fsp3) is 0.400. The minimum absolute atomic E-state index is 0.0893. The molecule has 19 heavy (non-hydrogen) atoms. The molecule has 1 heterocycles. The van der Waals surface area contributed by atoms with Crippen LogP contribution < -0.4 is 11.1 Å². The lowest BCUT2D eigenvalue weighted by Gasteiger charge is -2.24. The van der Waals surface area contributed by atoms with E-state index >= 15 is 0 Å². The first kappa shape index (κ1) is 13.6. The number of nitrogens with two attached hydrogens (primary N) is 1. The molecule has 0 aliphatic heterocycles. The van der Waals surface area contributed by atoms with Crippen molar-refractivity contribution in [2.24, 2.45) is 12.8 Å². The van der Waals surface area contributed by atoms with Gasteiger partial charge in [-0.15, -0.1) is 0 Å². The molecule has 1 aromatic heterocycles. The Morgan fingerprint density at radius 3 is 2.68 bits per heavy atom. The molecule has 4 nitrogen and oxygen atoms in total. The van der Waals surface area contributed by atoms with E-state index in [-0.39, 0.29) is 5.91 Å². The summed E-state index contributed by atoms with van der Waals surface area (Å²) in [6.45, 7) is 6.28. The normalized spacial score (nSPS) is 11.8. The first-order valence-electron chi connectivity index (χ1n) is 6.43. The van der Waals surface area contributed by atoms with E-state index in [1.54, 1.807) is 0 Å². The number of carbonyl (C=O) groups is 1. The molecule has 102 valence electrons. The highest BCUT2D eigenvalue weighted by Crippen LogP contribution is 2.22. The van der Waals surface area contributed by atoms with Gasteiger partial charge < -0.3 is 15.6 Å². The Morgan fingerprint density at radius 1 is 1.42 bits per heavy atom. The van der Waals surface area contributed by atoms with Crippen LogP contribution in [0.15, 0.2) is 24.3 Å². The smallest absolute Gasteiger partial charge is 0.268 e. The maximum atomic E-state index is 12.3. The van der Waals surface area contributed by atoms with Crippen molar-refractivity contribution in [1.29, 1.82) is 0 Å². The third-order valence-electron chi connectivity index (χ3n) is 3.45. The third kappa shape index (κ3) is 2.49. The molecule has 0 spiro atoms. The maximum Gasteiger partial charge on any atom is 0.268 e. The number of aromatic nitrogens is 1. The maximum absolute atomic E-state index is 12.3. The number of rotatable bonds is 3. The number of benzene rings is 1. The number of nitrogens with zero attached hydrogens (tertiary/aromatic N) is 1. The second kappa shape index (κ2) is 4.70. The predicted octanol–water partition coefficient (Wildman–Crippen LogP) is 1.95. The summed E-state index contributed by atoms with van der Waals surface area (Å²) < 4.78 is 1.94. The summed E-state index contributed by atoms with van der Waals surface area (Å²) in [6, 6.07) is 7.99. The lowest BCUT2D eigenvalue weighted by molar-refractivity contribution is 0.0908. The van der Waals surface area contributed by atoms with E-state index in [1.807, 2.05) is 56.7 Å². The number of aryl methyl sites for hydroxylation is 2. The molecule has 1 aromatic carbocycles. The first-order valence-corrected chi connectivity index (χ1v) is 6.43. The Balaban J connectivity index is 2.44. The van der Waals surface area contributed by atoms with Gasteiger partial charge in [0.05, 0.1) is 5.52 Å². The largest absolute Gasteiger partial charge is 0.345 e. The Labute approximate surface area is 113 Å². The van der Waals surface area contributed by atoms with Crippen molar-refractivity contribution < 1.29 is 4.79 Å². The van der Waals surface area contributed by atoms with Crippen molar-refractivity contribution in [2.45, 2.75) is 26.3 Å². The van der Waals surface area contributed by atoms with Crippen LogP contribution in [-0.2, 0) is 7.05 Å². The number of hydrogen-bond donors (Lipinski definition) is 2. The molecule has 0 radical (unpaired) electrons. The minimum Gasteiger partial charge on any atom is -0.345 e. The quantitative estimate of drug-likeness (QED) is 0.885. The van der Waals surface area contributed by atoms with E-state index in [1.165, 1.54) is 0 Å². The average Bonchev–Trinajstić information content (AvgIpc) is 2.68. The lowest BCUT2D eigenvalue weighted by Crippen LogP contribution is -2.49. The van der Waals surface area contributed by atoms with Crippen molar-refractivity contribution in [3.8, 4) is 0 Å². The van der Waals surface area contributed by atoms with Crippen LogP contribution in [0.1, 0.15) is 29.9 Å². The number of para-hydroxylation sites is 1. The van der Waals surface area contributed by atoms with Gasteiger partial charge in [0.1, 0.15) is 5.69 Å². The topological polar surface area (TPSA) is 60.1 Å². The highest BCUT2D eigenvalue weighted by molar-refractivity contribution is 5.99. The zero-order chi connectivity index (χ0) is 14.2. The molecule has 2 aromatic rings. The molecule has 0 unspecified atom stereocenters.